The van der Waals surface area contributed by atoms with E-state index in [4.69, 9.17) is 27.9 Å². The molecule has 1 fully saturated rings. The van der Waals surface area contributed by atoms with Crippen LogP contribution in [0.2, 0.25) is 10.0 Å². The molecule has 2 amide bonds. The number of rotatable bonds is 4. The molecule has 0 bridgehead atoms. The highest BCUT2D eigenvalue weighted by atomic mass is 35.5. The van der Waals surface area contributed by atoms with Crippen molar-refractivity contribution in [2.24, 2.45) is 0 Å². The maximum atomic E-state index is 11.5. The molecule has 0 atom stereocenters. The first-order chi connectivity index (χ1) is 11.5. The normalized spacial score (nSPS) is 15.7. The van der Waals surface area contributed by atoms with Gasteiger partial charge in [-0.2, -0.15) is 0 Å². The van der Waals surface area contributed by atoms with Crippen molar-refractivity contribution in [2.45, 2.75) is 6.61 Å². The number of halogens is 2. The Bertz CT molecular complexity index is 834. The van der Waals surface area contributed by atoms with E-state index in [-0.39, 0.29) is 5.24 Å². The molecule has 1 N–H and O–H groups in total. The van der Waals surface area contributed by atoms with Crippen LogP contribution in [0.1, 0.15) is 11.1 Å². The van der Waals surface area contributed by atoms with Crippen LogP contribution in [-0.4, -0.2) is 11.1 Å². The van der Waals surface area contributed by atoms with E-state index in [9.17, 15) is 9.59 Å². The second-order valence-electron chi connectivity index (χ2n) is 4.96. The summed E-state index contributed by atoms with van der Waals surface area (Å²) in [5.74, 6) is 0.137. The highest BCUT2D eigenvalue weighted by Gasteiger charge is 2.24. The molecule has 1 aliphatic rings. The largest absolute Gasteiger partial charge is 0.487 e. The monoisotopic (exact) mass is 379 g/mol. The third-order valence-electron chi connectivity index (χ3n) is 3.20. The highest BCUT2D eigenvalue weighted by molar-refractivity contribution is 8.18. The SMILES string of the molecule is O=C1NC(=O)/C(=C/c2ccc(OCc3ccc(Cl)cc3)c(Cl)c2)S1. The summed E-state index contributed by atoms with van der Waals surface area (Å²) in [6.45, 7) is 0.365. The van der Waals surface area contributed by atoms with E-state index in [2.05, 4.69) is 5.32 Å². The summed E-state index contributed by atoms with van der Waals surface area (Å²) < 4.78 is 5.69. The number of benzene rings is 2. The van der Waals surface area contributed by atoms with Crippen LogP contribution in [0.3, 0.4) is 0 Å². The van der Waals surface area contributed by atoms with Crippen molar-refractivity contribution < 1.29 is 14.3 Å². The van der Waals surface area contributed by atoms with Gasteiger partial charge in [-0.3, -0.25) is 14.9 Å². The summed E-state index contributed by atoms with van der Waals surface area (Å²) in [6, 6.07) is 12.5. The summed E-state index contributed by atoms with van der Waals surface area (Å²) in [6.07, 6.45) is 1.61. The molecule has 0 unspecified atom stereocenters. The molecule has 1 saturated heterocycles. The van der Waals surface area contributed by atoms with Gasteiger partial charge in [-0.05, 0) is 53.2 Å². The zero-order valence-corrected chi connectivity index (χ0v) is 14.5. The van der Waals surface area contributed by atoms with Crippen LogP contribution < -0.4 is 10.1 Å². The Balaban J connectivity index is 1.70. The first-order valence-corrected chi connectivity index (χ1v) is 8.50. The molecule has 122 valence electrons. The molecule has 1 aliphatic heterocycles. The van der Waals surface area contributed by atoms with Gasteiger partial charge in [0.15, 0.2) is 0 Å². The molecule has 3 rings (SSSR count). The lowest BCUT2D eigenvalue weighted by Gasteiger charge is -2.09. The van der Waals surface area contributed by atoms with Crippen molar-refractivity contribution in [3.05, 3.63) is 68.5 Å². The predicted molar refractivity (Wildman–Crippen MR) is 96.3 cm³/mol. The van der Waals surface area contributed by atoms with Gasteiger partial charge >= 0.3 is 0 Å². The Morgan fingerprint density at radius 3 is 2.46 bits per heavy atom. The van der Waals surface area contributed by atoms with E-state index in [0.29, 0.717) is 32.9 Å². The standard InChI is InChI=1S/C17H11Cl2NO3S/c18-12-4-1-10(2-5-12)9-23-14-6-3-11(7-13(14)19)8-15-16(21)20-17(22)24-15/h1-8H,9H2,(H,20,21,22)/b15-8-. The van der Waals surface area contributed by atoms with Crippen molar-refractivity contribution in [1.29, 1.82) is 0 Å². The van der Waals surface area contributed by atoms with Gasteiger partial charge in [0.2, 0.25) is 0 Å². The number of nitrogens with one attached hydrogen (secondary N) is 1. The molecule has 2 aromatic carbocycles. The molecule has 0 aliphatic carbocycles. The Morgan fingerprint density at radius 1 is 1.08 bits per heavy atom. The molecule has 4 nitrogen and oxygen atoms in total. The fourth-order valence-corrected chi connectivity index (χ4v) is 3.09. The topological polar surface area (TPSA) is 55.4 Å². The second kappa shape index (κ2) is 7.30. The number of hydrogen-bond acceptors (Lipinski definition) is 4. The fraction of sp³-hybridized carbons (Fsp3) is 0.0588. The predicted octanol–water partition coefficient (Wildman–Crippen LogP) is 4.90. The van der Waals surface area contributed by atoms with Crippen LogP contribution in [-0.2, 0) is 11.4 Å². The van der Waals surface area contributed by atoms with Gasteiger partial charge < -0.3 is 4.74 Å². The van der Waals surface area contributed by atoms with Crippen LogP contribution >= 0.6 is 35.0 Å². The van der Waals surface area contributed by atoms with Gasteiger partial charge in [-0.15, -0.1) is 0 Å². The quantitative estimate of drug-likeness (QED) is 0.767. The summed E-state index contributed by atoms with van der Waals surface area (Å²) >= 11 is 12.9. The number of hydrogen-bond donors (Lipinski definition) is 1. The molecule has 0 aromatic heterocycles. The maximum Gasteiger partial charge on any atom is 0.290 e. The zero-order chi connectivity index (χ0) is 17.1. The fourth-order valence-electron chi connectivity index (χ4n) is 2.04. The number of carbonyl (C=O) groups excluding carboxylic acids is 2. The van der Waals surface area contributed by atoms with Gasteiger partial charge in [0.05, 0.1) is 9.93 Å². The Kier molecular flexibility index (Phi) is 5.14. The lowest BCUT2D eigenvalue weighted by atomic mass is 10.2. The molecule has 24 heavy (non-hydrogen) atoms. The van der Waals surface area contributed by atoms with E-state index in [1.807, 2.05) is 12.1 Å². The van der Waals surface area contributed by atoms with E-state index >= 15 is 0 Å². The minimum atomic E-state index is -0.399. The van der Waals surface area contributed by atoms with Crippen molar-refractivity contribution in [2.75, 3.05) is 0 Å². The molecule has 0 spiro atoms. The summed E-state index contributed by atoms with van der Waals surface area (Å²) in [5, 5.41) is 2.92. The van der Waals surface area contributed by atoms with E-state index < -0.39 is 5.91 Å². The smallest absolute Gasteiger partial charge is 0.290 e. The van der Waals surface area contributed by atoms with Crippen LogP contribution in [0.15, 0.2) is 47.4 Å². The Morgan fingerprint density at radius 2 is 1.83 bits per heavy atom. The molecule has 2 aromatic rings. The van der Waals surface area contributed by atoms with Gasteiger partial charge in [0.25, 0.3) is 11.1 Å². The number of imide groups is 1. The lowest BCUT2D eigenvalue weighted by Crippen LogP contribution is -2.17. The molecular formula is C17H11Cl2NO3S. The van der Waals surface area contributed by atoms with E-state index in [1.165, 1.54) is 0 Å². The third kappa shape index (κ3) is 4.12. The molecule has 0 saturated carbocycles. The number of thioether (sulfide) groups is 1. The maximum absolute atomic E-state index is 11.5. The molecule has 1 heterocycles. The van der Waals surface area contributed by atoms with E-state index in [0.717, 1.165) is 17.3 Å². The minimum absolute atomic E-state index is 0.339. The van der Waals surface area contributed by atoms with Crippen molar-refractivity contribution in [1.82, 2.24) is 5.32 Å². The van der Waals surface area contributed by atoms with Gasteiger partial charge in [-0.25, -0.2) is 0 Å². The van der Waals surface area contributed by atoms with Crippen LogP contribution in [0.5, 0.6) is 5.75 Å². The first-order valence-electron chi connectivity index (χ1n) is 6.93. The molecular weight excluding hydrogens is 369 g/mol. The first kappa shape index (κ1) is 16.9. The summed E-state index contributed by atoms with van der Waals surface area (Å²) in [5.41, 5.74) is 1.69. The molecule has 7 heteroatoms. The number of ether oxygens (including phenoxy) is 1. The van der Waals surface area contributed by atoms with Gasteiger partial charge in [0.1, 0.15) is 12.4 Å². The second-order valence-corrected chi connectivity index (χ2v) is 6.82. The van der Waals surface area contributed by atoms with Crippen molar-refractivity contribution in [3.63, 3.8) is 0 Å². The van der Waals surface area contributed by atoms with Crippen LogP contribution in [0.4, 0.5) is 4.79 Å². The van der Waals surface area contributed by atoms with Gasteiger partial charge in [-0.1, -0.05) is 41.4 Å². The summed E-state index contributed by atoms with van der Waals surface area (Å²) in [7, 11) is 0. The number of amides is 2. The Hall–Kier alpha value is -1.95. The van der Waals surface area contributed by atoms with E-state index in [1.54, 1.807) is 36.4 Å². The Labute approximate surface area is 152 Å². The van der Waals surface area contributed by atoms with Crippen molar-refractivity contribution in [3.8, 4) is 5.75 Å². The molecule has 0 radical (unpaired) electrons. The zero-order valence-electron chi connectivity index (χ0n) is 12.2. The van der Waals surface area contributed by atoms with Crippen LogP contribution in [0.25, 0.3) is 6.08 Å². The van der Waals surface area contributed by atoms with Crippen molar-refractivity contribution >= 4 is 52.2 Å². The average Bonchev–Trinajstić information content (AvgIpc) is 2.86. The highest BCUT2D eigenvalue weighted by Crippen LogP contribution is 2.30. The summed E-state index contributed by atoms with van der Waals surface area (Å²) in [4.78, 5) is 23.0. The number of carbonyl (C=O) groups is 2. The minimum Gasteiger partial charge on any atom is -0.487 e. The van der Waals surface area contributed by atoms with Gasteiger partial charge in [0, 0.05) is 5.02 Å². The average molecular weight is 380 g/mol. The lowest BCUT2D eigenvalue weighted by molar-refractivity contribution is -0.115. The third-order valence-corrected chi connectivity index (χ3v) is 4.56. The van der Waals surface area contributed by atoms with Crippen LogP contribution in [0, 0.1) is 0 Å².